The van der Waals surface area contributed by atoms with E-state index in [0.717, 1.165) is 0 Å². The van der Waals surface area contributed by atoms with Gasteiger partial charge >= 0.3 is 11.9 Å². The number of aromatic amines is 1. The average molecular weight is 1110 g/mol. The van der Waals surface area contributed by atoms with Crippen molar-refractivity contribution in [2.45, 2.75) is 87.6 Å². The highest BCUT2D eigenvalue weighted by Crippen LogP contribution is 2.14. The number of rotatable bonds is 34. The number of carbonyl (C=O) groups excluding carboxylic acids is 10. The van der Waals surface area contributed by atoms with Crippen LogP contribution in [0.15, 0.2) is 66.0 Å². The summed E-state index contributed by atoms with van der Waals surface area (Å²) in [7, 11) is 0. The number of aliphatic imine (C=N–C) groups is 1. The number of amides is 10. The second kappa shape index (κ2) is 32.5. The molecular weight excluding hydrogens is 1040 g/mol. The number of primary amides is 1. The number of phenolic OH excluding ortho intramolecular Hbond substituents is 2. The molecule has 0 radical (unpaired) electrons. The van der Waals surface area contributed by atoms with Crippen LogP contribution in [-0.2, 0) is 76.8 Å². The number of phenols is 2. The van der Waals surface area contributed by atoms with Crippen molar-refractivity contribution in [3.05, 3.63) is 77.9 Å². The number of carbonyl (C=O) groups is 12. The summed E-state index contributed by atoms with van der Waals surface area (Å²) < 4.78 is 0. The molecule has 0 bridgehead atoms. The molecule has 10 amide bonds. The summed E-state index contributed by atoms with van der Waals surface area (Å²) in [6, 6.07) is 1.77. The number of carboxylic acids is 2. The van der Waals surface area contributed by atoms with E-state index in [1.165, 1.54) is 61.1 Å². The normalized spacial score (nSPS) is 12.9. The first-order chi connectivity index (χ1) is 37.4. The van der Waals surface area contributed by atoms with Gasteiger partial charge in [-0.25, -0.2) is 4.98 Å². The summed E-state index contributed by atoms with van der Waals surface area (Å²) in [6.45, 7) is -3.15. The number of carboxylic acid groups (broad SMARTS) is 2. The topological polar surface area (TPSA) is 539 Å². The molecule has 0 unspecified atom stereocenters. The monoisotopic (exact) mass is 1110 g/mol. The average Bonchev–Trinajstić information content (AvgIpc) is 3.91. The molecule has 0 saturated carbocycles. The zero-order valence-electron chi connectivity index (χ0n) is 42.3. The molecule has 0 aliphatic rings. The third-order valence-corrected chi connectivity index (χ3v) is 11.0. The van der Waals surface area contributed by atoms with Crippen molar-refractivity contribution in [1.29, 1.82) is 0 Å². The number of aromatic nitrogens is 2. The van der Waals surface area contributed by atoms with Crippen molar-refractivity contribution in [1.82, 2.24) is 57.8 Å². The summed E-state index contributed by atoms with van der Waals surface area (Å²) >= 11 is 0. The van der Waals surface area contributed by atoms with E-state index in [1.54, 1.807) is 0 Å². The lowest BCUT2D eigenvalue weighted by molar-refractivity contribution is -0.140. The summed E-state index contributed by atoms with van der Waals surface area (Å²) in [5, 5.41) is 58.6. The maximum Gasteiger partial charge on any atom is 0.322 e. The van der Waals surface area contributed by atoms with Crippen LogP contribution in [0.3, 0.4) is 0 Å². The standard InChI is InChI=1S/C47H64N16O16/c48-29(16-26-18-52-23-58-26)41(74)54-19-36(67)59-30(2-1-13-53-47(50)51)42(75)55-20-37(68)61-33(15-25-5-9-28(65)10-6-25)46(79)63-34(17-35(49)66)44(77)56-21-38(69)60-32(14-24-3-7-27(64)8-4-24)45(78)62-31(11-12-39(70)71)43(76)57-22-40(72)73/h3-10,18,23,29-34,64-65H,1-2,11-17,19-22,48H2,(H2,49,66)(H,52,58)(H,54,74)(H,55,75)(H,56,77)(H,57,76)(H,59,67)(H,60,69)(H,61,68)(H,62,78)(H,63,79)(H,70,71)(H,72,73)(H4,50,51,53)/t29-,30-,31-,32-,33-,34-/m0/s1. The summed E-state index contributed by atoms with van der Waals surface area (Å²) in [5.74, 6) is -13.2. The van der Waals surface area contributed by atoms with Gasteiger partial charge in [-0.1, -0.05) is 24.3 Å². The highest BCUT2D eigenvalue weighted by atomic mass is 16.4. The predicted octanol–water partition coefficient (Wildman–Crippen LogP) is -7.06. The molecule has 0 saturated heterocycles. The van der Waals surface area contributed by atoms with Crippen LogP contribution < -0.4 is 70.8 Å². The number of H-pyrrole nitrogens is 1. The second-order valence-electron chi connectivity index (χ2n) is 17.4. The van der Waals surface area contributed by atoms with Crippen LogP contribution in [0.2, 0.25) is 0 Å². The number of nitrogens with one attached hydrogen (secondary N) is 10. The largest absolute Gasteiger partial charge is 0.508 e. The summed E-state index contributed by atoms with van der Waals surface area (Å²) in [6.07, 6.45) is 0.420. The fraction of sp³-hybridized carbons (Fsp3) is 0.404. The van der Waals surface area contributed by atoms with Gasteiger partial charge in [-0.15, -0.1) is 0 Å². The van der Waals surface area contributed by atoms with Gasteiger partial charge in [-0.05, 0) is 54.7 Å². The van der Waals surface area contributed by atoms with Crippen molar-refractivity contribution in [3.8, 4) is 11.5 Å². The Morgan fingerprint density at radius 1 is 0.532 bits per heavy atom. The first-order valence-electron chi connectivity index (χ1n) is 24.0. The molecule has 428 valence electrons. The van der Waals surface area contributed by atoms with E-state index >= 15 is 0 Å². The van der Waals surface area contributed by atoms with Crippen LogP contribution in [0.25, 0.3) is 0 Å². The van der Waals surface area contributed by atoms with Gasteiger partial charge in [-0.2, -0.15) is 0 Å². The maximum atomic E-state index is 13.9. The SMILES string of the molecule is NC(=O)C[C@H](NC(=O)[C@H](Cc1ccc(O)cc1)NC(=O)CNC(=O)[C@H](CCCN=C(N)N)NC(=O)CNC(=O)[C@@H](N)Cc1cnc[nH]1)C(=O)NCC(=O)N[C@@H](Cc1ccc(O)cc1)C(=O)N[C@@H](CCC(=O)O)C(=O)NCC(=O)O. The number of guanidine groups is 1. The summed E-state index contributed by atoms with van der Waals surface area (Å²) in [4.78, 5) is 165. The van der Waals surface area contributed by atoms with E-state index < -0.39 is 153 Å². The van der Waals surface area contributed by atoms with Gasteiger partial charge in [-0.3, -0.25) is 62.5 Å². The van der Waals surface area contributed by atoms with Crippen LogP contribution in [0.4, 0.5) is 0 Å². The van der Waals surface area contributed by atoms with Crippen molar-refractivity contribution in [2.24, 2.45) is 27.9 Å². The van der Waals surface area contributed by atoms with Gasteiger partial charge in [0.25, 0.3) is 0 Å². The van der Waals surface area contributed by atoms with E-state index in [-0.39, 0.29) is 56.1 Å². The number of imidazole rings is 1. The van der Waals surface area contributed by atoms with Gasteiger partial charge in [0.05, 0.1) is 38.4 Å². The summed E-state index contributed by atoms with van der Waals surface area (Å²) in [5.41, 5.74) is 23.4. The fourth-order valence-corrected chi connectivity index (χ4v) is 7.05. The second-order valence-corrected chi connectivity index (χ2v) is 17.4. The van der Waals surface area contributed by atoms with Gasteiger partial charge in [0.1, 0.15) is 48.3 Å². The number of aliphatic carboxylic acids is 2. The minimum Gasteiger partial charge on any atom is -0.508 e. The molecule has 0 aliphatic carbocycles. The molecule has 1 heterocycles. The first-order valence-corrected chi connectivity index (χ1v) is 24.0. The van der Waals surface area contributed by atoms with Crippen molar-refractivity contribution in [3.63, 3.8) is 0 Å². The highest BCUT2D eigenvalue weighted by Gasteiger charge is 2.32. The van der Waals surface area contributed by atoms with Crippen LogP contribution in [0.5, 0.6) is 11.5 Å². The number of nitrogens with two attached hydrogens (primary N) is 4. The van der Waals surface area contributed by atoms with E-state index in [9.17, 15) is 72.9 Å². The molecule has 2 aromatic carbocycles. The minimum atomic E-state index is -1.81. The Morgan fingerprint density at radius 2 is 0.975 bits per heavy atom. The number of nitrogens with zero attached hydrogens (tertiary/aromatic N) is 2. The predicted molar refractivity (Wildman–Crippen MR) is 274 cm³/mol. The van der Waals surface area contributed by atoms with Crippen LogP contribution >= 0.6 is 0 Å². The maximum absolute atomic E-state index is 13.9. The third-order valence-electron chi connectivity index (χ3n) is 11.0. The number of hydrogen-bond donors (Lipinski definition) is 18. The lowest BCUT2D eigenvalue weighted by atomic mass is 10.0. The molecule has 0 fully saturated rings. The zero-order chi connectivity index (χ0) is 58.6. The Bertz CT molecular complexity index is 2650. The molecule has 32 heteroatoms. The zero-order valence-corrected chi connectivity index (χ0v) is 42.3. The Labute approximate surface area is 449 Å². The molecule has 32 nitrogen and oxygen atoms in total. The lowest BCUT2D eigenvalue weighted by Gasteiger charge is -2.24. The lowest BCUT2D eigenvalue weighted by Crippen LogP contribution is -2.58. The molecule has 22 N–H and O–H groups in total. The Kier molecular flexibility index (Phi) is 26.1. The Morgan fingerprint density at radius 3 is 1.42 bits per heavy atom. The van der Waals surface area contributed by atoms with E-state index in [1.807, 2.05) is 5.32 Å². The van der Waals surface area contributed by atoms with Crippen LogP contribution in [0, 0.1) is 0 Å². The first kappa shape index (κ1) is 63.4. The van der Waals surface area contributed by atoms with E-state index in [2.05, 4.69) is 57.5 Å². The molecule has 3 aromatic rings. The fourth-order valence-electron chi connectivity index (χ4n) is 7.05. The highest BCUT2D eigenvalue weighted by molar-refractivity contribution is 5.98. The molecule has 1 aromatic heterocycles. The molecular formula is C47H64N16O16. The van der Waals surface area contributed by atoms with E-state index in [4.69, 9.17) is 28.0 Å². The van der Waals surface area contributed by atoms with Crippen molar-refractivity contribution in [2.75, 3.05) is 32.7 Å². The van der Waals surface area contributed by atoms with Gasteiger partial charge < -0.3 is 96.2 Å². The molecule has 0 aliphatic heterocycles. The minimum absolute atomic E-state index is 0.0420. The van der Waals surface area contributed by atoms with E-state index in [0.29, 0.717) is 16.8 Å². The van der Waals surface area contributed by atoms with Gasteiger partial charge in [0.2, 0.25) is 59.1 Å². The van der Waals surface area contributed by atoms with Crippen molar-refractivity contribution < 1.29 is 78.0 Å². The molecule has 79 heavy (non-hydrogen) atoms. The van der Waals surface area contributed by atoms with Crippen LogP contribution in [0.1, 0.15) is 48.9 Å². The van der Waals surface area contributed by atoms with Gasteiger partial charge in [0.15, 0.2) is 5.96 Å². The van der Waals surface area contributed by atoms with Gasteiger partial charge in [0, 0.05) is 44.1 Å². The number of aromatic hydroxyl groups is 2. The molecule has 6 atom stereocenters. The molecule has 0 spiro atoms. The quantitative estimate of drug-likeness (QED) is 0.0150. The Hall–Kier alpha value is -9.88. The molecule has 3 rings (SSSR count). The number of benzene rings is 2. The van der Waals surface area contributed by atoms with Crippen molar-refractivity contribution >= 4 is 77.0 Å². The Balaban J connectivity index is 1.75. The third kappa shape index (κ3) is 25.0. The smallest absolute Gasteiger partial charge is 0.322 e. The van der Waals surface area contributed by atoms with Crippen LogP contribution in [-0.4, -0.2) is 176 Å². The number of hydrogen-bond acceptors (Lipinski definition) is 17.